The van der Waals surface area contributed by atoms with Crippen LogP contribution in [-0.4, -0.2) is 79.7 Å². The monoisotopic (exact) mass is 533 g/mol. The topological polar surface area (TPSA) is 71.8 Å². The van der Waals surface area contributed by atoms with Gasteiger partial charge in [-0.1, -0.05) is 35.9 Å². The first-order valence-corrected chi connectivity index (χ1v) is 13.8. The first-order chi connectivity index (χ1) is 18.5. The molecule has 1 aromatic heterocycles. The van der Waals surface area contributed by atoms with Gasteiger partial charge < -0.3 is 24.3 Å². The van der Waals surface area contributed by atoms with E-state index in [0.717, 1.165) is 64.5 Å². The number of likely N-dealkylation sites (N-methyl/N-ethyl adjacent to an activating group) is 1. The molecule has 3 aliphatic rings. The van der Waals surface area contributed by atoms with Crippen molar-refractivity contribution in [1.29, 1.82) is 5.26 Å². The molecule has 0 bridgehead atoms. The molecule has 9 heteroatoms. The van der Waals surface area contributed by atoms with Crippen LogP contribution in [0.15, 0.2) is 36.4 Å². The van der Waals surface area contributed by atoms with Crippen molar-refractivity contribution in [3.05, 3.63) is 52.7 Å². The normalized spacial score (nSPS) is 19.1. The molecule has 2 saturated heterocycles. The van der Waals surface area contributed by atoms with Gasteiger partial charge in [-0.3, -0.25) is 0 Å². The summed E-state index contributed by atoms with van der Waals surface area (Å²) in [6.07, 6.45) is 6.85. The number of rotatable bonds is 4. The minimum atomic E-state index is 0.244. The molecule has 4 heterocycles. The number of nitriles is 1. The zero-order chi connectivity index (χ0) is 26.6. The Labute approximate surface area is 230 Å². The number of aromatic nitrogens is 2. The van der Waals surface area contributed by atoms with Crippen LogP contribution in [-0.2, 0) is 13.0 Å². The van der Waals surface area contributed by atoms with Crippen LogP contribution in [0.5, 0.6) is 6.01 Å². The summed E-state index contributed by atoms with van der Waals surface area (Å²) in [6.45, 7) is 5.65. The average Bonchev–Trinajstić information content (AvgIpc) is 3.63. The summed E-state index contributed by atoms with van der Waals surface area (Å²) < 4.78 is 5.46. The van der Waals surface area contributed by atoms with Crippen LogP contribution in [0.3, 0.4) is 0 Å². The zero-order valence-electron chi connectivity index (χ0n) is 22.5. The smallest absolute Gasteiger partial charge is 0.318 e. The maximum absolute atomic E-state index is 9.24. The summed E-state index contributed by atoms with van der Waals surface area (Å²) >= 11 is 6.59. The molecule has 3 aliphatic heterocycles. The minimum absolute atomic E-state index is 0.244. The number of anilines is 2. The van der Waals surface area contributed by atoms with E-state index < -0.39 is 0 Å². The van der Waals surface area contributed by atoms with E-state index in [0.29, 0.717) is 19.1 Å². The third-order valence-corrected chi connectivity index (χ3v) is 8.21. The molecule has 0 aliphatic carbocycles. The molecule has 0 saturated carbocycles. The van der Waals surface area contributed by atoms with Crippen LogP contribution in [0.4, 0.5) is 11.5 Å². The van der Waals surface area contributed by atoms with Gasteiger partial charge in [0.15, 0.2) is 6.19 Å². The van der Waals surface area contributed by atoms with Gasteiger partial charge in [0.05, 0.1) is 30.4 Å². The number of hydrogen-bond acceptors (Lipinski definition) is 8. The fourth-order valence-electron chi connectivity index (χ4n) is 5.71. The molecule has 0 N–H and O–H groups in total. The number of ether oxygens (including phenoxy) is 1. The molecule has 2 aromatic carbocycles. The Morgan fingerprint density at radius 3 is 2.50 bits per heavy atom. The van der Waals surface area contributed by atoms with Crippen molar-refractivity contribution in [3.8, 4) is 12.2 Å². The Hall–Kier alpha value is -3.28. The third-order valence-electron chi connectivity index (χ3n) is 7.89. The van der Waals surface area contributed by atoms with Crippen molar-refractivity contribution in [3.63, 3.8) is 0 Å². The molecule has 2 fully saturated rings. The lowest BCUT2D eigenvalue weighted by molar-refractivity contribution is 0.376. The highest BCUT2D eigenvalue weighted by Crippen LogP contribution is 2.37. The summed E-state index contributed by atoms with van der Waals surface area (Å²) in [5.41, 5.74) is 3.25. The predicted octanol–water partition coefficient (Wildman–Crippen LogP) is 4.56. The maximum atomic E-state index is 9.24. The lowest BCUT2D eigenvalue weighted by atomic mass is 10.0. The van der Waals surface area contributed by atoms with E-state index in [-0.39, 0.29) is 6.04 Å². The molecule has 8 nitrogen and oxygen atoms in total. The molecule has 200 valence electrons. The number of hydrogen-bond donors (Lipinski definition) is 0. The zero-order valence-corrected chi connectivity index (χ0v) is 23.3. The number of halogens is 1. The van der Waals surface area contributed by atoms with Crippen molar-refractivity contribution in [2.45, 2.75) is 38.3 Å². The van der Waals surface area contributed by atoms with Gasteiger partial charge in [-0.05, 0) is 63.3 Å². The molecule has 1 atom stereocenters. The lowest BCUT2D eigenvalue weighted by Gasteiger charge is -2.34. The Kier molecular flexibility index (Phi) is 8.06. The van der Waals surface area contributed by atoms with E-state index in [9.17, 15) is 5.26 Å². The first kappa shape index (κ1) is 26.3. The SMILES string of the molecule is CN1CCCC1.COc1nc2c(c(N(C)C3CCN(C#N)C3)n1)CCN(c1cccc3cccc(Cl)c13)C2. The summed E-state index contributed by atoms with van der Waals surface area (Å²) in [7, 11) is 5.83. The van der Waals surface area contributed by atoms with Crippen LogP contribution >= 0.6 is 11.6 Å². The molecule has 0 radical (unpaired) electrons. The van der Waals surface area contributed by atoms with Crippen LogP contribution in [0.2, 0.25) is 5.02 Å². The number of likely N-dealkylation sites (tertiary alicyclic amines) is 2. The van der Waals surface area contributed by atoms with Gasteiger partial charge in [-0.25, -0.2) is 0 Å². The molecule has 3 aromatic rings. The second-order valence-corrected chi connectivity index (χ2v) is 10.8. The van der Waals surface area contributed by atoms with Gasteiger partial charge >= 0.3 is 6.01 Å². The second kappa shape index (κ2) is 11.6. The minimum Gasteiger partial charge on any atom is -0.467 e. The Morgan fingerprint density at radius 1 is 1.08 bits per heavy atom. The van der Waals surface area contributed by atoms with Gasteiger partial charge in [0, 0.05) is 43.3 Å². The predicted molar refractivity (Wildman–Crippen MR) is 153 cm³/mol. The van der Waals surface area contributed by atoms with E-state index in [1.165, 1.54) is 25.9 Å². The highest BCUT2D eigenvalue weighted by molar-refractivity contribution is 6.36. The summed E-state index contributed by atoms with van der Waals surface area (Å²) in [5, 5.41) is 12.2. The summed E-state index contributed by atoms with van der Waals surface area (Å²) in [4.78, 5) is 18.1. The van der Waals surface area contributed by atoms with Crippen molar-refractivity contribution < 1.29 is 4.74 Å². The highest BCUT2D eigenvalue weighted by atomic mass is 35.5. The van der Waals surface area contributed by atoms with Gasteiger partial charge in [0.1, 0.15) is 5.82 Å². The van der Waals surface area contributed by atoms with Crippen LogP contribution < -0.4 is 14.5 Å². The van der Waals surface area contributed by atoms with Crippen molar-refractivity contribution >= 4 is 33.9 Å². The van der Waals surface area contributed by atoms with Gasteiger partial charge in [-0.15, -0.1) is 0 Å². The summed E-state index contributed by atoms with van der Waals surface area (Å²) in [6, 6.07) is 12.9. The fraction of sp³-hybridized carbons (Fsp3) is 0.483. The average molecular weight is 534 g/mol. The van der Waals surface area contributed by atoms with Gasteiger partial charge in [0.2, 0.25) is 0 Å². The van der Waals surface area contributed by atoms with Crippen molar-refractivity contribution in [1.82, 2.24) is 19.8 Å². The van der Waals surface area contributed by atoms with E-state index in [1.807, 2.05) is 12.1 Å². The second-order valence-electron chi connectivity index (χ2n) is 10.4. The Balaban J connectivity index is 0.000000433. The molecule has 6 rings (SSSR count). The third kappa shape index (κ3) is 5.45. The van der Waals surface area contributed by atoms with Gasteiger partial charge in [-0.2, -0.15) is 15.2 Å². The largest absolute Gasteiger partial charge is 0.467 e. The maximum Gasteiger partial charge on any atom is 0.318 e. The fourth-order valence-corrected chi connectivity index (χ4v) is 5.99. The highest BCUT2D eigenvalue weighted by Gasteiger charge is 2.31. The van der Waals surface area contributed by atoms with Crippen molar-refractivity contribution in [2.75, 3.05) is 63.7 Å². The van der Waals surface area contributed by atoms with E-state index in [2.05, 4.69) is 59.3 Å². The quantitative estimate of drug-likeness (QED) is 0.452. The lowest BCUT2D eigenvalue weighted by Crippen LogP contribution is -2.38. The summed E-state index contributed by atoms with van der Waals surface area (Å²) in [5.74, 6) is 0.909. The standard InChI is InChI=1S/C24H25ClN6O.C5H11N/c1-29(17-9-11-30(13-17)15-26)23-18-10-12-31(14-20(18)27-24(28-23)32-2)21-8-4-6-16-5-3-7-19(25)22(16)21;1-6-4-2-3-5-6/h3-8,17H,9-14H2,1-2H3;2-5H2,1H3. The van der Waals surface area contributed by atoms with Crippen LogP contribution in [0.1, 0.15) is 30.5 Å². The molecular formula is C29H36ClN7O. The molecule has 0 spiro atoms. The van der Waals surface area contributed by atoms with Crippen LogP contribution in [0.25, 0.3) is 10.8 Å². The molecule has 0 amide bonds. The van der Waals surface area contributed by atoms with Crippen LogP contribution in [0, 0.1) is 11.5 Å². The Bertz CT molecular complexity index is 1320. The number of nitrogens with zero attached hydrogens (tertiary/aromatic N) is 7. The first-order valence-electron chi connectivity index (χ1n) is 13.4. The Morgan fingerprint density at radius 2 is 1.84 bits per heavy atom. The number of benzene rings is 2. The van der Waals surface area contributed by atoms with E-state index >= 15 is 0 Å². The number of fused-ring (bicyclic) bond motifs is 2. The van der Waals surface area contributed by atoms with Gasteiger partial charge in [0.25, 0.3) is 0 Å². The number of methoxy groups -OCH3 is 1. The molecule has 1 unspecified atom stereocenters. The molecular weight excluding hydrogens is 498 g/mol. The van der Waals surface area contributed by atoms with Crippen molar-refractivity contribution in [2.24, 2.45) is 0 Å². The molecule has 38 heavy (non-hydrogen) atoms. The van der Waals surface area contributed by atoms with E-state index in [4.69, 9.17) is 26.3 Å². The van der Waals surface area contributed by atoms with E-state index in [1.54, 1.807) is 12.0 Å².